The molecule has 0 saturated carbocycles. The molecule has 0 aliphatic carbocycles. The van der Waals surface area contributed by atoms with Crippen LogP contribution in [0.3, 0.4) is 0 Å². The second kappa shape index (κ2) is 9.18. The van der Waals surface area contributed by atoms with Crippen molar-refractivity contribution in [3.8, 4) is 11.4 Å². The number of amides is 1. The highest BCUT2D eigenvalue weighted by Gasteiger charge is 2.23. The summed E-state index contributed by atoms with van der Waals surface area (Å²) in [6, 6.07) is 13.9. The van der Waals surface area contributed by atoms with Gasteiger partial charge in [0.05, 0.1) is 29.7 Å². The predicted molar refractivity (Wildman–Crippen MR) is 118 cm³/mol. The van der Waals surface area contributed by atoms with Crippen LogP contribution in [0.15, 0.2) is 53.3 Å². The molecule has 31 heavy (non-hydrogen) atoms. The molecule has 1 amide bonds. The molecule has 0 fully saturated rings. The number of quaternary nitrogens is 1. The van der Waals surface area contributed by atoms with Gasteiger partial charge in [0, 0.05) is 0 Å². The van der Waals surface area contributed by atoms with Crippen LogP contribution in [-0.2, 0) is 4.74 Å². The fraction of sp³-hybridized carbons (Fsp3) is 0.348. The first-order valence-electron chi connectivity index (χ1n) is 10.2. The van der Waals surface area contributed by atoms with Crippen LogP contribution in [-0.4, -0.2) is 34.4 Å². The van der Waals surface area contributed by atoms with E-state index >= 15 is 0 Å². The Bertz CT molecular complexity index is 1120. The van der Waals surface area contributed by atoms with Crippen LogP contribution >= 0.6 is 0 Å². The molecule has 0 aliphatic rings. The molecule has 1 atom stereocenters. The zero-order chi connectivity index (χ0) is 22.6. The van der Waals surface area contributed by atoms with Gasteiger partial charge in [-0.3, -0.25) is 9.36 Å². The van der Waals surface area contributed by atoms with E-state index in [1.165, 1.54) is 4.57 Å². The first-order chi connectivity index (χ1) is 14.7. The average molecular weight is 426 g/mol. The van der Waals surface area contributed by atoms with Crippen LogP contribution in [0.25, 0.3) is 16.6 Å². The van der Waals surface area contributed by atoms with Crippen molar-refractivity contribution in [3.05, 3.63) is 64.7 Å². The Balaban J connectivity index is 2.00. The Kier molecular flexibility index (Phi) is 6.60. The second-order valence-corrected chi connectivity index (χ2v) is 8.13. The van der Waals surface area contributed by atoms with Gasteiger partial charge in [-0.15, -0.1) is 0 Å². The number of carbonyl (C=O) groups excluding carboxylic acids is 1. The van der Waals surface area contributed by atoms with Gasteiger partial charge in [-0.05, 0) is 64.1 Å². The van der Waals surface area contributed by atoms with Crippen LogP contribution in [0.1, 0.15) is 39.6 Å². The summed E-state index contributed by atoms with van der Waals surface area (Å²) in [5.41, 5.74) is 4.56. The number of carbonyl (C=O) groups is 1. The van der Waals surface area contributed by atoms with Crippen molar-refractivity contribution in [2.24, 2.45) is 0 Å². The molecule has 8 nitrogen and oxygen atoms in total. The zero-order valence-electron chi connectivity index (χ0n) is 18.3. The van der Waals surface area contributed by atoms with Crippen molar-refractivity contribution in [3.63, 3.8) is 0 Å². The molecule has 4 N–H and O–H groups in total. The van der Waals surface area contributed by atoms with Gasteiger partial charge in [0.15, 0.2) is 11.9 Å². The van der Waals surface area contributed by atoms with E-state index in [2.05, 4.69) is 11.1 Å². The molecule has 164 valence electrons. The van der Waals surface area contributed by atoms with Gasteiger partial charge in [-0.1, -0.05) is 12.1 Å². The summed E-state index contributed by atoms with van der Waals surface area (Å²) in [5.74, 6) is 1.16. The molecule has 0 saturated heterocycles. The molecule has 0 bridgehead atoms. The number of aromatic nitrogens is 2. The first kappa shape index (κ1) is 22.3. The monoisotopic (exact) mass is 425 g/mol. The number of hydrogen-bond donors (Lipinski definition) is 2. The summed E-state index contributed by atoms with van der Waals surface area (Å²) >= 11 is 0. The van der Waals surface area contributed by atoms with E-state index in [1.807, 2.05) is 13.0 Å². The van der Waals surface area contributed by atoms with Crippen LogP contribution in [0.2, 0.25) is 0 Å². The van der Waals surface area contributed by atoms with Crippen LogP contribution in [0, 0.1) is 0 Å². The molecule has 0 unspecified atom stereocenters. The standard InChI is InChI=1S/C23H28N4O4/c1-5-30-16-12-10-15(11-13-16)27-20(18(24)14-25-22(29)31-23(2,3)4)26-19-9-7-6-8-17(19)21(27)28/h6-13,18H,5,14,24H2,1-4H3,(H,25,29)/p+1/t18-/m1/s1. The number of rotatable bonds is 6. The normalized spacial score (nSPS) is 12.4. The number of benzene rings is 2. The Labute approximate surface area is 181 Å². The van der Waals surface area contributed by atoms with Crippen molar-refractivity contribution in [1.29, 1.82) is 0 Å². The smallest absolute Gasteiger partial charge is 0.407 e. The summed E-state index contributed by atoms with van der Waals surface area (Å²) in [7, 11) is 0. The largest absolute Gasteiger partial charge is 0.494 e. The number of ether oxygens (including phenoxy) is 2. The van der Waals surface area contributed by atoms with E-state index in [-0.39, 0.29) is 12.1 Å². The van der Waals surface area contributed by atoms with Gasteiger partial charge in [-0.25, -0.2) is 9.78 Å². The quantitative estimate of drug-likeness (QED) is 0.631. The predicted octanol–water partition coefficient (Wildman–Crippen LogP) is 2.59. The van der Waals surface area contributed by atoms with Gasteiger partial charge in [0.2, 0.25) is 0 Å². The first-order valence-corrected chi connectivity index (χ1v) is 10.2. The third-order valence-corrected chi connectivity index (χ3v) is 4.46. The minimum atomic E-state index is -0.605. The van der Waals surface area contributed by atoms with E-state index in [0.717, 1.165) is 0 Å². The number of nitrogens with zero attached hydrogens (tertiary/aromatic N) is 2. The molecule has 1 heterocycles. The van der Waals surface area contributed by atoms with Crippen LogP contribution in [0.4, 0.5) is 4.79 Å². The van der Waals surface area contributed by atoms with E-state index in [4.69, 9.17) is 14.5 Å². The van der Waals surface area contributed by atoms with Crippen molar-refractivity contribution < 1.29 is 20.0 Å². The van der Waals surface area contributed by atoms with Crippen molar-refractivity contribution in [2.75, 3.05) is 13.2 Å². The summed E-state index contributed by atoms with van der Waals surface area (Å²) in [5, 5.41) is 3.22. The Hall–Kier alpha value is -3.39. The van der Waals surface area contributed by atoms with E-state index in [9.17, 15) is 9.59 Å². The Morgan fingerprint density at radius 1 is 1.16 bits per heavy atom. The van der Waals surface area contributed by atoms with Crippen molar-refractivity contribution >= 4 is 17.0 Å². The molecule has 0 radical (unpaired) electrons. The number of nitrogens with one attached hydrogen (secondary N) is 1. The SMILES string of the molecule is CCOc1ccc(-n2c([C@H]([NH3+])CNC(=O)OC(C)(C)C)nc3ccccc3c2=O)cc1. The highest BCUT2D eigenvalue weighted by atomic mass is 16.6. The number of fused-ring (bicyclic) bond motifs is 1. The Morgan fingerprint density at radius 3 is 2.48 bits per heavy atom. The fourth-order valence-corrected chi connectivity index (χ4v) is 3.14. The molecule has 3 aromatic rings. The lowest BCUT2D eigenvalue weighted by atomic mass is 10.2. The maximum Gasteiger partial charge on any atom is 0.407 e. The van der Waals surface area contributed by atoms with E-state index in [0.29, 0.717) is 34.8 Å². The van der Waals surface area contributed by atoms with Gasteiger partial charge in [-0.2, -0.15) is 0 Å². The van der Waals surface area contributed by atoms with Crippen LogP contribution in [0.5, 0.6) is 5.75 Å². The van der Waals surface area contributed by atoms with Gasteiger partial charge < -0.3 is 20.5 Å². The van der Waals surface area contributed by atoms with Gasteiger partial charge in [0.1, 0.15) is 11.4 Å². The maximum atomic E-state index is 13.3. The maximum absolute atomic E-state index is 13.3. The molecule has 1 aromatic heterocycles. The highest BCUT2D eigenvalue weighted by Crippen LogP contribution is 2.19. The van der Waals surface area contributed by atoms with Crippen molar-refractivity contribution in [1.82, 2.24) is 14.9 Å². The van der Waals surface area contributed by atoms with Crippen molar-refractivity contribution in [2.45, 2.75) is 39.3 Å². The molecule has 8 heteroatoms. The summed E-state index contributed by atoms with van der Waals surface area (Å²) < 4.78 is 12.3. The number of para-hydroxylation sites is 1. The van der Waals surface area contributed by atoms with E-state index in [1.54, 1.807) is 63.2 Å². The highest BCUT2D eigenvalue weighted by molar-refractivity contribution is 5.78. The minimum absolute atomic E-state index is 0.163. The number of alkyl carbamates (subject to hydrolysis) is 1. The summed E-state index contributed by atoms with van der Waals surface area (Å²) in [6.45, 7) is 8.01. The lowest BCUT2D eigenvalue weighted by molar-refractivity contribution is -0.426. The lowest BCUT2D eigenvalue weighted by Crippen LogP contribution is -2.59. The lowest BCUT2D eigenvalue weighted by Gasteiger charge is -2.21. The molecule has 0 spiro atoms. The average Bonchev–Trinajstić information content (AvgIpc) is 2.72. The third kappa shape index (κ3) is 5.40. The van der Waals surface area contributed by atoms with Crippen LogP contribution < -0.4 is 21.3 Å². The summed E-state index contributed by atoms with van der Waals surface area (Å²) in [4.78, 5) is 30.1. The zero-order valence-corrected chi connectivity index (χ0v) is 18.3. The minimum Gasteiger partial charge on any atom is -0.494 e. The molecular weight excluding hydrogens is 396 g/mol. The fourth-order valence-electron chi connectivity index (χ4n) is 3.14. The Morgan fingerprint density at radius 2 is 1.84 bits per heavy atom. The molecule has 3 rings (SSSR count). The second-order valence-electron chi connectivity index (χ2n) is 8.13. The molecule has 0 aliphatic heterocycles. The topological polar surface area (TPSA) is 110 Å². The summed E-state index contributed by atoms with van der Waals surface area (Å²) in [6.07, 6.45) is -0.545. The van der Waals surface area contributed by atoms with Gasteiger partial charge in [0.25, 0.3) is 5.56 Å². The number of hydrogen-bond acceptors (Lipinski definition) is 5. The van der Waals surface area contributed by atoms with E-state index < -0.39 is 17.7 Å². The van der Waals surface area contributed by atoms with Gasteiger partial charge >= 0.3 is 6.09 Å². The third-order valence-electron chi connectivity index (χ3n) is 4.46. The molecule has 2 aromatic carbocycles. The molecular formula is C23H29N4O4+.